The normalized spacial score (nSPS) is 23.1. The molecule has 0 unspecified atom stereocenters. The van der Waals surface area contributed by atoms with Crippen molar-refractivity contribution < 1.29 is 9.59 Å². The van der Waals surface area contributed by atoms with Crippen molar-refractivity contribution in [3.63, 3.8) is 0 Å². The summed E-state index contributed by atoms with van der Waals surface area (Å²) in [4.78, 5) is 34.4. The van der Waals surface area contributed by atoms with Gasteiger partial charge in [0.1, 0.15) is 11.9 Å². The SMILES string of the molecule is CN1CC[C@@H](NC(=O)N2CCC[C@@H](Nc3ccc(N(C)C)nc3)CC2)C1=O. The summed E-state index contributed by atoms with van der Waals surface area (Å²) in [7, 11) is 5.71. The molecule has 3 rings (SSSR count). The molecule has 2 aliphatic heterocycles. The van der Waals surface area contributed by atoms with Gasteiger partial charge in [-0.25, -0.2) is 9.78 Å². The topological polar surface area (TPSA) is 80.8 Å². The molecule has 0 radical (unpaired) electrons. The first-order valence-electron chi connectivity index (χ1n) is 9.64. The number of aromatic nitrogens is 1. The fourth-order valence-corrected chi connectivity index (χ4v) is 3.61. The van der Waals surface area contributed by atoms with Gasteiger partial charge in [-0.05, 0) is 37.8 Å². The Balaban J connectivity index is 1.49. The molecule has 0 aliphatic carbocycles. The van der Waals surface area contributed by atoms with E-state index < -0.39 is 0 Å². The fraction of sp³-hybridized carbons (Fsp3) is 0.632. The highest BCUT2D eigenvalue weighted by Crippen LogP contribution is 2.18. The number of anilines is 2. The highest BCUT2D eigenvalue weighted by Gasteiger charge is 2.31. The molecule has 27 heavy (non-hydrogen) atoms. The summed E-state index contributed by atoms with van der Waals surface area (Å²) in [5.74, 6) is 0.933. The summed E-state index contributed by atoms with van der Waals surface area (Å²) in [6.07, 6.45) is 5.36. The average molecular weight is 374 g/mol. The van der Waals surface area contributed by atoms with Gasteiger partial charge in [-0.1, -0.05) is 0 Å². The Morgan fingerprint density at radius 2 is 2.00 bits per heavy atom. The van der Waals surface area contributed by atoms with Crippen LogP contribution < -0.4 is 15.5 Å². The maximum atomic E-state index is 12.5. The second kappa shape index (κ2) is 8.45. The van der Waals surface area contributed by atoms with Crippen LogP contribution in [-0.4, -0.2) is 79.6 Å². The number of likely N-dealkylation sites (tertiary alicyclic amines) is 2. The number of amides is 3. The van der Waals surface area contributed by atoms with Crippen LogP contribution in [0.1, 0.15) is 25.7 Å². The van der Waals surface area contributed by atoms with Crippen molar-refractivity contribution in [2.75, 3.05) is 51.0 Å². The first kappa shape index (κ1) is 19.3. The summed E-state index contributed by atoms with van der Waals surface area (Å²) in [5, 5.41) is 6.43. The number of carbonyl (C=O) groups excluding carboxylic acids is 2. The van der Waals surface area contributed by atoms with Crippen LogP contribution in [0.15, 0.2) is 18.3 Å². The van der Waals surface area contributed by atoms with Crippen molar-refractivity contribution in [2.24, 2.45) is 0 Å². The molecule has 2 saturated heterocycles. The van der Waals surface area contributed by atoms with Crippen LogP contribution in [0.2, 0.25) is 0 Å². The van der Waals surface area contributed by atoms with Crippen LogP contribution in [-0.2, 0) is 4.79 Å². The zero-order chi connectivity index (χ0) is 19.4. The van der Waals surface area contributed by atoms with Crippen molar-refractivity contribution >= 4 is 23.4 Å². The van der Waals surface area contributed by atoms with Crippen LogP contribution in [0.25, 0.3) is 0 Å². The molecular weight excluding hydrogens is 344 g/mol. The summed E-state index contributed by atoms with van der Waals surface area (Å²) < 4.78 is 0. The van der Waals surface area contributed by atoms with E-state index in [0.717, 1.165) is 37.3 Å². The number of rotatable bonds is 4. The van der Waals surface area contributed by atoms with Gasteiger partial charge in [-0.15, -0.1) is 0 Å². The molecule has 2 aliphatic rings. The minimum atomic E-state index is -0.374. The van der Waals surface area contributed by atoms with Crippen LogP contribution >= 0.6 is 0 Å². The van der Waals surface area contributed by atoms with E-state index >= 15 is 0 Å². The molecule has 3 heterocycles. The van der Waals surface area contributed by atoms with Gasteiger partial charge in [0.15, 0.2) is 0 Å². The lowest BCUT2D eigenvalue weighted by atomic mass is 10.1. The maximum Gasteiger partial charge on any atom is 0.318 e. The van der Waals surface area contributed by atoms with Gasteiger partial charge in [0.05, 0.1) is 11.9 Å². The fourth-order valence-electron chi connectivity index (χ4n) is 3.61. The van der Waals surface area contributed by atoms with E-state index in [9.17, 15) is 9.59 Å². The molecule has 1 aromatic rings. The Labute approximate surface area is 160 Å². The molecule has 2 N–H and O–H groups in total. The Morgan fingerprint density at radius 3 is 2.63 bits per heavy atom. The summed E-state index contributed by atoms with van der Waals surface area (Å²) in [6.45, 7) is 2.11. The van der Waals surface area contributed by atoms with E-state index in [4.69, 9.17) is 0 Å². The van der Waals surface area contributed by atoms with E-state index in [0.29, 0.717) is 25.6 Å². The summed E-state index contributed by atoms with van der Waals surface area (Å²) in [5.41, 5.74) is 1.00. The van der Waals surface area contributed by atoms with E-state index in [1.165, 1.54) is 0 Å². The largest absolute Gasteiger partial charge is 0.381 e. The lowest BCUT2D eigenvalue weighted by Crippen LogP contribution is -2.48. The van der Waals surface area contributed by atoms with Crippen molar-refractivity contribution in [1.82, 2.24) is 20.1 Å². The zero-order valence-corrected chi connectivity index (χ0v) is 16.4. The van der Waals surface area contributed by atoms with E-state index in [1.807, 2.05) is 42.2 Å². The van der Waals surface area contributed by atoms with Gasteiger partial charge < -0.3 is 25.3 Å². The van der Waals surface area contributed by atoms with Crippen molar-refractivity contribution in [3.8, 4) is 0 Å². The first-order chi connectivity index (χ1) is 12.9. The zero-order valence-electron chi connectivity index (χ0n) is 16.4. The van der Waals surface area contributed by atoms with E-state index in [-0.39, 0.29) is 18.0 Å². The maximum absolute atomic E-state index is 12.5. The van der Waals surface area contributed by atoms with Gasteiger partial charge in [0.25, 0.3) is 0 Å². The monoisotopic (exact) mass is 374 g/mol. The molecular formula is C19H30N6O2. The third-order valence-electron chi connectivity index (χ3n) is 5.32. The minimum absolute atomic E-state index is 0.00591. The first-order valence-corrected chi connectivity index (χ1v) is 9.64. The Hall–Kier alpha value is -2.51. The van der Waals surface area contributed by atoms with Crippen LogP contribution in [0.3, 0.4) is 0 Å². The Bertz CT molecular complexity index is 663. The number of hydrogen-bond donors (Lipinski definition) is 2. The Morgan fingerprint density at radius 1 is 1.19 bits per heavy atom. The van der Waals surface area contributed by atoms with E-state index in [2.05, 4.69) is 15.6 Å². The number of carbonyl (C=O) groups is 2. The third kappa shape index (κ3) is 4.81. The third-order valence-corrected chi connectivity index (χ3v) is 5.32. The molecule has 2 fully saturated rings. The quantitative estimate of drug-likeness (QED) is 0.832. The van der Waals surface area contributed by atoms with Crippen molar-refractivity contribution in [3.05, 3.63) is 18.3 Å². The second-order valence-electron chi connectivity index (χ2n) is 7.61. The lowest BCUT2D eigenvalue weighted by Gasteiger charge is -2.23. The van der Waals surface area contributed by atoms with Crippen LogP contribution in [0.5, 0.6) is 0 Å². The van der Waals surface area contributed by atoms with Gasteiger partial charge in [0, 0.05) is 46.8 Å². The van der Waals surface area contributed by atoms with Crippen LogP contribution in [0.4, 0.5) is 16.3 Å². The molecule has 0 spiro atoms. The van der Waals surface area contributed by atoms with Crippen LogP contribution in [0, 0.1) is 0 Å². The highest BCUT2D eigenvalue weighted by molar-refractivity contribution is 5.88. The van der Waals surface area contributed by atoms with E-state index in [1.54, 1.807) is 11.9 Å². The number of urea groups is 1. The summed E-state index contributed by atoms with van der Waals surface area (Å²) in [6, 6.07) is 3.85. The van der Waals surface area contributed by atoms with Crippen molar-refractivity contribution in [1.29, 1.82) is 0 Å². The Kier molecular flexibility index (Phi) is 6.03. The molecule has 8 nitrogen and oxygen atoms in total. The lowest BCUT2D eigenvalue weighted by molar-refractivity contribution is -0.128. The second-order valence-corrected chi connectivity index (χ2v) is 7.61. The predicted molar refractivity (Wildman–Crippen MR) is 106 cm³/mol. The molecule has 0 bridgehead atoms. The number of likely N-dealkylation sites (N-methyl/N-ethyl adjacent to an activating group) is 1. The predicted octanol–water partition coefficient (Wildman–Crippen LogP) is 1.35. The molecule has 8 heteroatoms. The van der Waals surface area contributed by atoms with Gasteiger partial charge in [0.2, 0.25) is 5.91 Å². The highest BCUT2D eigenvalue weighted by atomic mass is 16.2. The molecule has 2 atom stereocenters. The molecule has 0 aromatic carbocycles. The molecule has 148 valence electrons. The summed E-state index contributed by atoms with van der Waals surface area (Å²) >= 11 is 0. The van der Waals surface area contributed by atoms with Gasteiger partial charge >= 0.3 is 6.03 Å². The van der Waals surface area contributed by atoms with Gasteiger partial charge in [-0.2, -0.15) is 0 Å². The number of nitrogens with zero attached hydrogens (tertiary/aromatic N) is 4. The standard InChI is InChI=1S/C19H30N6O2/c1-23(2)17-7-6-15(13-20-17)21-14-5-4-10-25(12-8-14)19(27)22-16-9-11-24(3)18(16)26/h6-7,13-14,16,21H,4-5,8-12H2,1-3H3,(H,22,27)/t14-,16-/m1/s1. The minimum Gasteiger partial charge on any atom is -0.381 e. The molecule has 3 amide bonds. The molecule has 1 aromatic heterocycles. The average Bonchev–Trinajstić information content (AvgIpc) is 2.85. The molecule has 0 saturated carbocycles. The number of hydrogen-bond acceptors (Lipinski definition) is 5. The number of pyridine rings is 1. The van der Waals surface area contributed by atoms with Crippen molar-refractivity contribution in [2.45, 2.75) is 37.8 Å². The smallest absolute Gasteiger partial charge is 0.318 e. The number of nitrogens with one attached hydrogen (secondary N) is 2. The van der Waals surface area contributed by atoms with Gasteiger partial charge in [-0.3, -0.25) is 4.79 Å².